The highest BCUT2D eigenvalue weighted by molar-refractivity contribution is 5.92. The molecule has 0 saturated carbocycles. The molecule has 4 rings (SSSR count). The second kappa shape index (κ2) is 7.15. The number of carbonyl (C=O) groups excluding carboxylic acids is 1. The standard InChI is InChI=1S/C20H23N5O/c1-23-10-3-5-18(23)20(26)24-11-6-17(7-12-24)19-22-9-13-25(19)15-16-4-2-8-21-14-16/h2-5,8-10,13-14,17H,6-7,11-12,15H2,1H3. The Bertz CT molecular complexity index is 875. The van der Waals surface area contributed by atoms with Crippen molar-refractivity contribution in [2.75, 3.05) is 13.1 Å². The summed E-state index contributed by atoms with van der Waals surface area (Å²) in [5, 5.41) is 0. The van der Waals surface area contributed by atoms with Gasteiger partial charge in [-0.15, -0.1) is 0 Å². The van der Waals surface area contributed by atoms with Crippen molar-refractivity contribution in [2.45, 2.75) is 25.3 Å². The number of carbonyl (C=O) groups is 1. The molecule has 6 nitrogen and oxygen atoms in total. The summed E-state index contributed by atoms with van der Waals surface area (Å²) < 4.78 is 4.09. The third kappa shape index (κ3) is 3.27. The third-order valence-electron chi connectivity index (χ3n) is 5.13. The molecule has 0 aliphatic carbocycles. The highest BCUT2D eigenvalue weighted by Crippen LogP contribution is 2.28. The van der Waals surface area contributed by atoms with E-state index < -0.39 is 0 Å². The Labute approximate surface area is 153 Å². The number of piperidine rings is 1. The highest BCUT2D eigenvalue weighted by Gasteiger charge is 2.27. The first kappa shape index (κ1) is 16.6. The zero-order valence-electron chi connectivity index (χ0n) is 15.0. The monoisotopic (exact) mass is 349 g/mol. The van der Waals surface area contributed by atoms with Gasteiger partial charge in [-0.3, -0.25) is 9.78 Å². The number of hydrogen-bond donors (Lipinski definition) is 0. The average molecular weight is 349 g/mol. The van der Waals surface area contributed by atoms with Crippen molar-refractivity contribution in [3.05, 3.63) is 72.3 Å². The SMILES string of the molecule is Cn1cccc1C(=O)N1CCC(c2nccn2Cc2cccnc2)CC1. The lowest BCUT2D eigenvalue weighted by Crippen LogP contribution is -2.39. The lowest BCUT2D eigenvalue weighted by atomic mass is 9.95. The van der Waals surface area contributed by atoms with Gasteiger partial charge in [-0.25, -0.2) is 4.98 Å². The molecular formula is C20H23N5O. The van der Waals surface area contributed by atoms with E-state index >= 15 is 0 Å². The minimum atomic E-state index is 0.120. The molecule has 0 bridgehead atoms. The van der Waals surface area contributed by atoms with Crippen molar-refractivity contribution in [3.8, 4) is 0 Å². The normalized spacial score (nSPS) is 15.3. The number of amides is 1. The Morgan fingerprint density at radius 1 is 1.15 bits per heavy atom. The second-order valence-corrected chi connectivity index (χ2v) is 6.85. The van der Waals surface area contributed by atoms with Crippen LogP contribution in [-0.4, -0.2) is 43.0 Å². The van der Waals surface area contributed by atoms with Gasteiger partial charge in [0.05, 0.1) is 6.54 Å². The first-order chi connectivity index (χ1) is 12.7. The van der Waals surface area contributed by atoms with Crippen molar-refractivity contribution >= 4 is 5.91 Å². The summed E-state index contributed by atoms with van der Waals surface area (Å²) in [7, 11) is 1.91. The fourth-order valence-electron chi connectivity index (χ4n) is 3.69. The van der Waals surface area contributed by atoms with Crippen LogP contribution in [0.1, 0.15) is 40.6 Å². The molecular weight excluding hydrogens is 326 g/mol. The lowest BCUT2D eigenvalue weighted by Gasteiger charge is -2.32. The summed E-state index contributed by atoms with van der Waals surface area (Å²) in [6.07, 6.45) is 11.4. The number of likely N-dealkylation sites (tertiary alicyclic amines) is 1. The molecule has 3 aromatic heterocycles. The van der Waals surface area contributed by atoms with Gasteiger partial charge in [-0.1, -0.05) is 6.07 Å². The maximum absolute atomic E-state index is 12.7. The first-order valence-electron chi connectivity index (χ1n) is 9.03. The maximum atomic E-state index is 12.7. The van der Waals surface area contributed by atoms with Crippen molar-refractivity contribution in [2.24, 2.45) is 7.05 Å². The largest absolute Gasteiger partial charge is 0.347 e. The van der Waals surface area contributed by atoms with Crippen LogP contribution >= 0.6 is 0 Å². The Hall–Kier alpha value is -2.89. The van der Waals surface area contributed by atoms with Crippen LogP contribution in [0, 0.1) is 0 Å². The van der Waals surface area contributed by atoms with Crippen LogP contribution in [0.5, 0.6) is 0 Å². The zero-order chi connectivity index (χ0) is 17.9. The van der Waals surface area contributed by atoms with Gasteiger partial charge in [-0.2, -0.15) is 0 Å². The fraction of sp³-hybridized carbons (Fsp3) is 0.350. The van der Waals surface area contributed by atoms with E-state index in [9.17, 15) is 4.79 Å². The van der Waals surface area contributed by atoms with Gasteiger partial charge >= 0.3 is 0 Å². The van der Waals surface area contributed by atoms with Gasteiger partial charge in [0.15, 0.2) is 0 Å². The predicted molar refractivity (Wildman–Crippen MR) is 98.9 cm³/mol. The van der Waals surface area contributed by atoms with Crippen molar-refractivity contribution < 1.29 is 4.79 Å². The van der Waals surface area contributed by atoms with Crippen LogP contribution in [-0.2, 0) is 13.6 Å². The Morgan fingerprint density at radius 2 is 2.00 bits per heavy atom. The summed E-state index contributed by atoms with van der Waals surface area (Å²) in [6.45, 7) is 2.33. The molecule has 0 N–H and O–H groups in total. The Balaban J connectivity index is 1.42. The van der Waals surface area contributed by atoms with E-state index in [2.05, 4.69) is 20.6 Å². The molecule has 1 aliphatic rings. The van der Waals surface area contributed by atoms with E-state index in [0.717, 1.165) is 44.0 Å². The number of nitrogens with zero attached hydrogens (tertiary/aromatic N) is 5. The van der Waals surface area contributed by atoms with Crippen molar-refractivity contribution in [3.63, 3.8) is 0 Å². The number of pyridine rings is 1. The topological polar surface area (TPSA) is 56.0 Å². The van der Waals surface area contributed by atoms with E-state index in [1.165, 1.54) is 5.56 Å². The van der Waals surface area contributed by atoms with Gasteiger partial charge in [0.25, 0.3) is 5.91 Å². The van der Waals surface area contributed by atoms with Gasteiger partial charge in [0.1, 0.15) is 11.5 Å². The van der Waals surface area contributed by atoms with Gasteiger partial charge in [-0.05, 0) is 36.6 Å². The van der Waals surface area contributed by atoms with Gasteiger partial charge in [0, 0.05) is 57.0 Å². The average Bonchev–Trinajstić information content (AvgIpc) is 3.31. The van der Waals surface area contributed by atoms with Crippen LogP contribution < -0.4 is 0 Å². The number of aryl methyl sites for hydroxylation is 1. The molecule has 1 amide bonds. The minimum Gasteiger partial charge on any atom is -0.347 e. The molecule has 0 unspecified atom stereocenters. The summed E-state index contributed by atoms with van der Waals surface area (Å²) >= 11 is 0. The molecule has 0 radical (unpaired) electrons. The third-order valence-corrected chi connectivity index (χ3v) is 5.13. The summed E-state index contributed by atoms with van der Waals surface area (Å²) in [4.78, 5) is 23.4. The number of aromatic nitrogens is 4. The maximum Gasteiger partial charge on any atom is 0.270 e. The van der Waals surface area contributed by atoms with E-state index in [1.54, 1.807) is 6.20 Å². The molecule has 26 heavy (non-hydrogen) atoms. The van der Waals surface area contributed by atoms with Crippen LogP contribution in [0.3, 0.4) is 0 Å². The molecule has 1 aliphatic heterocycles. The van der Waals surface area contributed by atoms with Gasteiger partial charge in [0.2, 0.25) is 0 Å². The predicted octanol–water partition coefficient (Wildman–Crippen LogP) is 2.68. The van der Waals surface area contributed by atoms with Gasteiger partial charge < -0.3 is 14.0 Å². The minimum absolute atomic E-state index is 0.120. The van der Waals surface area contributed by atoms with Crippen LogP contribution in [0.25, 0.3) is 0 Å². The molecule has 1 fully saturated rings. The van der Waals surface area contributed by atoms with Crippen molar-refractivity contribution in [1.29, 1.82) is 0 Å². The summed E-state index contributed by atoms with van der Waals surface area (Å²) in [5.74, 6) is 1.62. The lowest BCUT2D eigenvalue weighted by molar-refractivity contribution is 0.0701. The molecule has 0 atom stereocenters. The Kier molecular flexibility index (Phi) is 4.56. The molecule has 1 saturated heterocycles. The van der Waals surface area contributed by atoms with E-state index in [1.807, 2.05) is 59.5 Å². The number of hydrogen-bond acceptors (Lipinski definition) is 3. The quantitative estimate of drug-likeness (QED) is 0.728. The van der Waals surface area contributed by atoms with E-state index in [4.69, 9.17) is 0 Å². The molecule has 6 heteroatoms. The zero-order valence-corrected chi connectivity index (χ0v) is 15.0. The Morgan fingerprint density at radius 3 is 2.69 bits per heavy atom. The molecule has 4 heterocycles. The second-order valence-electron chi connectivity index (χ2n) is 6.85. The number of imidazole rings is 1. The number of rotatable bonds is 4. The van der Waals surface area contributed by atoms with E-state index in [0.29, 0.717) is 5.92 Å². The summed E-state index contributed by atoms with van der Waals surface area (Å²) in [5.41, 5.74) is 1.92. The fourth-order valence-corrected chi connectivity index (χ4v) is 3.69. The van der Waals surface area contributed by atoms with Crippen LogP contribution in [0.15, 0.2) is 55.2 Å². The van der Waals surface area contributed by atoms with Crippen molar-refractivity contribution in [1.82, 2.24) is 24.0 Å². The molecule has 0 aromatic carbocycles. The smallest absolute Gasteiger partial charge is 0.270 e. The van der Waals surface area contributed by atoms with E-state index in [-0.39, 0.29) is 5.91 Å². The molecule has 3 aromatic rings. The first-order valence-corrected chi connectivity index (χ1v) is 9.03. The molecule has 134 valence electrons. The van der Waals surface area contributed by atoms with Crippen LogP contribution in [0.2, 0.25) is 0 Å². The molecule has 0 spiro atoms. The van der Waals surface area contributed by atoms with Crippen LogP contribution in [0.4, 0.5) is 0 Å². The summed E-state index contributed by atoms with van der Waals surface area (Å²) in [6, 6.07) is 7.84. The highest BCUT2D eigenvalue weighted by atomic mass is 16.2.